The maximum atomic E-state index is 11.7. The van der Waals surface area contributed by atoms with Gasteiger partial charge < -0.3 is 15.7 Å². The van der Waals surface area contributed by atoms with Crippen molar-refractivity contribution in [1.29, 1.82) is 0 Å². The van der Waals surface area contributed by atoms with E-state index in [1.54, 1.807) is 6.92 Å². The Morgan fingerprint density at radius 3 is 2.62 bits per heavy atom. The quantitative estimate of drug-likeness (QED) is 0.682. The van der Waals surface area contributed by atoms with Crippen molar-refractivity contribution in [2.24, 2.45) is 5.92 Å². The third-order valence-corrected chi connectivity index (χ3v) is 3.85. The van der Waals surface area contributed by atoms with Gasteiger partial charge >= 0.3 is 0 Å². The summed E-state index contributed by atoms with van der Waals surface area (Å²) in [5.41, 5.74) is -0.328. The lowest BCUT2D eigenvalue weighted by atomic mass is 9.99. The van der Waals surface area contributed by atoms with Crippen LogP contribution in [0.3, 0.4) is 0 Å². The summed E-state index contributed by atoms with van der Waals surface area (Å²) in [6.45, 7) is 5.80. The Morgan fingerprint density at radius 1 is 1.33 bits per heavy atom. The average Bonchev–Trinajstić information content (AvgIpc) is 2.95. The molecule has 3 N–H and O–H groups in total. The van der Waals surface area contributed by atoms with Crippen LogP contribution in [-0.2, 0) is 15.2 Å². The fourth-order valence-electron chi connectivity index (χ4n) is 1.69. The van der Waals surface area contributed by atoms with Gasteiger partial charge in [-0.15, -0.1) is 0 Å². The van der Waals surface area contributed by atoms with Crippen molar-refractivity contribution in [1.82, 2.24) is 10.6 Å². The van der Waals surface area contributed by atoms with E-state index in [1.165, 1.54) is 11.3 Å². The molecule has 0 aliphatic rings. The van der Waals surface area contributed by atoms with Gasteiger partial charge in [-0.1, -0.05) is 13.8 Å². The lowest BCUT2D eigenvalue weighted by molar-refractivity contribution is -0.126. The summed E-state index contributed by atoms with van der Waals surface area (Å²) in [5, 5.41) is 19.2. The highest BCUT2D eigenvalue weighted by molar-refractivity contribution is 7.08. The van der Waals surface area contributed by atoms with Gasteiger partial charge in [-0.05, 0) is 41.7 Å². The largest absolute Gasteiger partial charge is 0.384 e. The standard InChI is InChI=1S/C15H24N2O3S/c1-11(2)4-5-13(18)16-8-14(19)17-10-15(3,20)12-6-7-21-9-12/h6-7,9,11,20H,4-5,8,10H2,1-3H3,(H,16,18)(H,17,19). The van der Waals surface area contributed by atoms with Gasteiger partial charge in [-0.2, -0.15) is 11.3 Å². The molecule has 1 aromatic heterocycles. The number of amides is 2. The minimum atomic E-state index is -1.10. The summed E-state index contributed by atoms with van der Waals surface area (Å²) >= 11 is 1.49. The van der Waals surface area contributed by atoms with E-state index in [1.807, 2.05) is 30.7 Å². The number of nitrogens with one attached hydrogen (secondary N) is 2. The number of carbonyl (C=O) groups excluding carboxylic acids is 2. The first kappa shape index (κ1) is 17.7. The third kappa shape index (κ3) is 6.73. The van der Waals surface area contributed by atoms with Crippen molar-refractivity contribution in [3.05, 3.63) is 22.4 Å². The predicted molar refractivity (Wildman–Crippen MR) is 84.0 cm³/mol. The molecule has 118 valence electrons. The van der Waals surface area contributed by atoms with Gasteiger partial charge in [-0.25, -0.2) is 0 Å². The van der Waals surface area contributed by atoms with Crippen LogP contribution < -0.4 is 10.6 Å². The van der Waals surface area contributed by atoms with Crippen LogP contribution in [0.5, 0.6) is 0 Å². The molecule has 0 bridgehead atoms. The number of carbonyl (C=O) groups is 2. The normalized spacial score (nSPS) is 13.8. The molecule has 0 saturated heterocycles. The van der Waals surface area contributed by atoms with Gasteiger partial charge in [-0.3, -0.25) is 9.59 Å². The van der Waals surface area contributed by atoms with Crippen LogP contribution in [0.1, 0.15) is 39.2 Å². The van der Waals surface area contributed by atoms with E-state index in [4.69, 9.17) is 0 Å². The van der Waals surface area contributed by atoms with E-state index in [-0.39, 0.29) is 24.9 Å². The first-order chi connectivity index (χ1) is 9.81. The Kier molecular flexibility index (Phi) is 6.84. The number of hydrogen-bond acceptors (Lipinski definition) is 4. The first-order valence-electron chi connectivity index (χ1n) is 7.09. The predicted octanol–water partition coefficient (Wildman–Crippen LogP) is 1.62. The van der Waals surface area contributed by atoms with E-state index in [2.05, 4.69) is 10.6 Å². The summed E-state index contributed by atoms with van der Waals surface area (Å²) in [6.07, 6.45) is 1.23. The van der Waals surface area contributed by atoms with Gasteiger partial charge in [0.1, 0.15) is 5.60 Å². The lowest BCUT2D eigenvalue weighted by Gasteiger charge is -2.22. The topological polar surface area (TPSA) is 78.4 Å². The minimum absolute atomic E-state index is 0.0589. The van der Waals surface area contributed by atoms with Crippen LogP contribution in [0.25, 0.3) is 0 Å². The second-order valence-electron chi connectivity index (χ2n) is 5.77. The molecule has 0 radical (unpaired) electrons. The van der Waals surface area contributed by atoms with Gasteiger partial charge in [0.25, 0.3) is 0 Å². The number of aliphatic hydroxyl groups is 1. The lowest BCUT2D eigenvalue weighted by Crippen LogP contribution is -2.43. The van der Waals surface area contributed by atoms with Crippen LogP contribution in [0.15, 0.2) is 16.8 Å². The van der Waals surface area contributed by atoms with Gasteiger partial charge in [0.15, 0.2) is 0 Å². The van der Waals surface area contributed by atoms with E-state index >= 15 is 0 Å². The van der Waals surface area contributed by atoms with Crippen molar-refractivity contribution < 1.29 is 14.7 Å². The zero-order valence-corrected chi connectivity index (χ0v) is 13.6. The molecule has 1 atom stereocenters. The van der Waals surface area contributed by atoms with Crippen molar-refractivity contribution in [2.75, 3.05) is 13.1 Å². The molecule has 6 heteroatoms. The monoisotopic (exact) mass is 312 g/mol. The Balaban J connectivity index is 2.27. The van der Waals surface area contributed by atoms with Gasteiger partial charge in [0.2, 0.25) is 11.8 Å². The number of thiophene rings is 1. The highest BCUT2D eigenvalue weighted by Gasteiger charge is 2.24. The van der Waals surface area contributed by atoms with Gasteiger partial charge in [0.05, 0.1) is 13.1 Å². The first-order valence-corrected chi connectivity index (χ1v) is 8.04. The van der Waals surface area contributed by atoms with Crippen molar-refractivity contribution in [2.45, 2.75) is 39.2 Å². The van der Waals surface area contributed by atoms with E-state index in [0.717, 1.165) is 12.0 Å². The molecule has 5 nitrogen and oxygen atoms in total. The average molecular weight is 312 g/mol. The molecule has 0 fully saturated rings. The Morgan fingerprint density at radius 2 is 2.05 bits per heavy atom. The van der Waals surface area contributed by atoms with Crippen LogP contribution in [0.4, 0.5) is 0 Å². The van der Waals surface area contributed by atoms with Gasteiger partial charge in [0, 0.05) is 6.42 Å². The molecule has 0 aliphatic heterocycles. The fourth-order valence-corrected chi connectivity index (χ4v) is 2.48. The van der Waals surface area contributed by atoms with Crippen molar-refractivity contribution in [3.63, 3.8) is 0 Å². The maximum absolute atomic E-state index is 11.7. The summed E-state index contributed by atoms with van der Waals surface area (Å²) < 4.78 is 0. The Hall–Kier alpha value is -1.40. The molecule has 21 heavy (non-hydrogen) atoms. The third-order valence-electron chi connectivity index (χ3n) is 3.17. The SMILES string of the molecule is CC(C)CCC(=O)NCC(=O)NCC(C)(O)c1ccsc1. The minimum Gasteiger partial charge on any atom is -0.384 e. The number of hydrogen-bond donors (Lipinski definition) is 3. The molecule has 0 aromatic carbocycles. The van der Waals surface area contributed by atoms with Crippen LogP contribution in [0, 0.1) is 5.92 Å². The zero-order chi connectivity index (χ0) is 15.9. The van der Waals surface area contributed by atoms with E-state index in [0.29, 0.717) is 12.3 Å². The summed E-state index contributed by atoms with van der Waals surface area (Å²) in [7, 11) is 0. The molecular formula is C15H24N2O3S. The van der Waals surface area contributed by atoms with E-state index in [9.17, 15) is 14.7 Å². The Bertz CT molecular complexity index is 455. The maximum Gasteiger partial charge on any atom is 0.239 e. The van der Waals surface area contributed by atoms with Crippen LogP contribution in [-0.4, -0.2) is 30.0 Å². The summed E-state index contributed by atoms with van der Waals surface area (Å²) in [4.78, 5) is 23.2. The zero-order valence-electron chi connectivity index (χ0n) is 12.8. The molecule has 0 spiro atoms. The highest BCUT2D eigenvalue weighted by atomic mass is 32.1. The molecule has 0 saturated carbocycles. The molecule has 1 rings (SSSR count). The summed E-state index contributed by atoms with van der Waals surface area (Å²) in [5.74, 6) is 0.0390. The number of rotatable bonds is 8. The molecule has 0 aliphatic carbocycles. The van der Waals surface area contributed by atoms with Crippen LogP contribution in [0.2, 0.25) is 0 Å². The molecule has 1 unspecified atom stereocenters. The molecular weight excluding hydrogens is 288 g/mol. The molecule has 1 aromatic rings. The second kappa shape index (κ2) is 8.14. The van der Waals surface area contributed by atoms with E-state index < -0.39 is 5.60 Å². The second-order valence-corrected chi connectivity index (χ2v) is 6.55. The Labute approximate surface area is 129 Å². The van der Waals surface area contributed by atoms with Crippen LogP contribution >= 0.6 is 11.3 Å². The smallest absolute Gasteiger partial charge is 0.239 e. The van der Waals surface area contributed by atoms with Crippen molar-refractivity contribution >= 4 is 23.2 Å². The fraction of sp³-hybridized carbons (Fsp3) is 0.600. The summed E-state index contributed by atoms with van der Waals surface area (Å²) in [6, 6.07) is 1.82. The highest BCUT2D eigenvalue weighted by Crippen LogP contribution is 2.21. The molecule has 2 amide bonds. The van der Waals surface area contributed by atoms with Crippen molar-refractivity contribution in [3.8, 4) is 0 Å². The molecule has 1 heterocycles.